The Morgan fingerprint density at radius 3 is 2.56 bits per heavy atom. The number of hydrogen-bond acceptors (Lipinski definition) is 5. The Hall–Kier alpha value is -1.10. The van der Waals surface area contributed by atoms with Crippen molar-refractivity contribution in [2.75, 3.05) is 5.73 Å². The quantitative estimate of drug-likeness (QED) is 0.838. The highest BCUT2D eigenvalue weighted by atomic mass is 32.1. The number of hydrogen-bond donors (Lipinski definition) is 1. The Morgan fingerprint density at radius 1 is 1.50 bits per heavy atom. The number of nitrogens with two attached hydrogens (primary N) is 1. The zero-order valence-corrected chi connectivity index (χ0v) is 12.3. The van der Waals surface area contributed by atoms with Crippen molar-refractivity contribution in [3.63, 3.8) is 0 Å². The summed E-state index contributed by atoms with van der Waals surface area (Å²) in [5.41, 5.74) is 6.02. The van der Waals surface area contributed by atoms with Crippen LogP contribution in [0.2, 0.25) is 0 Å². The van der Waals surface area contributed by atoms with Gasteiger partial charge in [-0.15, -0.1) is 11.3 Å². The topological polar surface area (TPSA) is 65.2 Å². The average Bonchev–Trinajstić information content (AvgIpc) is 2.51. The van der Waals surface area contributed by atoms with Crippen LogP contribution in [0.3, 0.4) is 0 Å². The predicted molar refractivity (Wildman–Crippen MR) is 72.4 cm³/mol. The molecule has 0 radical (unpaired) electrons. The molecule has 18 heavy (non-hydrogen) atoms. The highest BCUT2D eigenvalue weighted by Gasteiger charge is 2.64. The van der Waals surface area contributed by atoms with Crippen LogP contribution in [-0.4, -0.2) is 16.6 Å². The smallest absolute Gasteiger partial charge is 0.310 e. The van der Waals surface area contributed by atoms with Crippen molar-refractivity contribution in [3.8, 4) is 0 Å². The summed E-state index contributed by atoms with van der Waals surface area (Å²) in [6.45, 7) is 9.80. The molecule has 1 aromatic heterocycles. The molecule has 0 bridgehead atoms. The van der Waals surface area contributed by atoms with E-state index in [9.17, 15) is 4.79 Å². The van der Waals surface area contributed by atoms with Gasteiger partial charge in [-0.2, -0.15) is 0 Å². The van der Waals surface area contributed by atoms with Gasteiger partial charge in [0.05, 0.1) is 11.6 Å². The number of carbonyl (C=O) groups excluding carboxylic acids is 1. The first-order chi connectivity index (χ1) is 8.13. The van der Waals surface area contributed by atoms with Gasteiger partial charge in [0.2, 0.25) is 0 Å². The Bertz CT molecular complexity index is 474. The van der Waals surface area contributed by atoms with E-state index in [-0.39, 0.29) is 23.2 Å². The molecule has 1 aliphatic rings. The number of thiazole rings is 1. The highest BCUT2D eigenvalue weighted by molar-refractivity contribution is 7.13. The molecule has 0 amide bonds. The van der Waals surface area contributed by atoms with Gasteiger partial charge in [0.15, 0.2) is 5.13 Å². The number of aromatic nitrogens is 1. The minimum absolute atomic E-state index is 0.0944. The van der Waals surface area contributed by atoms with Gasteiger partial charge in [-0.25, -0.2) is 4.98 Å². The van der Waals surface area contributed by atoms with Crippen molar-refractivity contribution in [1.82, 2.24) is 4.98 Å². The third kappa shape index (κ3) is 2.36. The lowest BCUT2D eigenvalue weighted by molar-refractivity contribution is -0.157. The molecule has 2 N–H and O–H groups in total. The van der Waals surface area contributed by atoms with Crippen LogP contribution >= 0.6 is 11.3 Å². The van der Waals surface area contributed by atoms with Crippen LogP contribution < -0.4 is 5.73 Å². The van der Waals surface area contributed by atoms with Crippen LogP contribution in [0.25, 0.3) is 0 Å². The molecule has 0 unspecified atom stereocenters. The fourth-order valence-electron chi connectivity index (χ4n) is 2.44. The normalized spacial score (nSPS) is 25.8. The van der Waals surface area contributed by atoms with E-state index in [0.717, 1.165) is 5.69 Å². The maximum Gasteiger partial charge on any atom is 0.310 e. The summed E-state index contributed by atoms with van der Waals surface area (Å²) in [5, 5.41) is 2.49. The number of rotatable bonds is 2. The fourth-order valence-corrected chi connectivity index (χ4v) is 3.04. The summed E-state index contributed by atoms with van der Waals surface area (Å²) in [6.07, 6.45) is 0. The van der Waals surface area contributed by atoms with E-state index in [2.05, 4.69) is 18.8 Å². The maximum atomic E-state index is 12.1. The minimum atomic E-state index is -0.443. The molecule has 5 heteroatoms. The number of anilines is 1. The van der Waals surface area contributed by atoms with Gasteiger partial charge in [0.25, 0.3) is 0 Å². The predicted octanol–water partition coefficient (Wildman–Crippen LogP) is 2.81. The Kier molecular flexibility index (Phi) is 2.93. The molecule has 1 saturated carbocycles. The minimum Gasteiger partial charge on any atom is -0.460 e. The van der Waals surface area contributed by atoms with Crippen LogP contribution in [0.1, 0.15) is 46.2 Å². The van der Waals surface area contributed by atoms with Crippen molar-refractivity contribution in [1.29, 1.82) is 0 Å². The van der Waals surface area contributed by atoms with E-state index < -0.39 is 5.60 Å². The molecule has 1 fully saturated rings. The monoisotopic (exact) mass is 268 g/mol. The molecular formula is C13H20N2O2S. The van der Waals surface area contributed by atoms with Crippen LogP contribution in [0, 0.1) is 11.3 Å². The van der Waals surface area contributed by atoms with Gasteiger partial charge in [-0.05, 0) is 26.2 Å². The molecule has 1 heterocycles. The standard InChI is InChI=1S/C13H20N2O2S/c1-12(2,3)17-10(16)9-8(13(9,4)5)7-6-18-11(14)15-7/h6,8-9H,1-5H3,(H2,14,15)/t8-,9-/m0/s1. The lowest BCUT2D eigenvalue weighted by Gasteiger charge is -2.19. The molecule has 0 aromatic carbocycles. The molecule has 4 nitrogen and oxygen atoms in total. The number of ether oxygens (including phenoxy) is 1. The average molecular weight is 268 g/mol. The number of nitrogen functional groups attached to an aromatic ring is 1. The lowest BCUT2D eigenvalue weighted by Crippen LogP contribution is -2.26. The van der Waals surface area contributed by atoms with Crippen LogP contribution in [0.5, 0.6) is 0 Å². The van der Waals surface area contributed by atoms with Gasteiger partial charge in [0, 0.05) is 11.3 Å². The first-order valence-corrected chi connectivity index (χ1v) is 6.94. The van der Waals surface area contributed by atoms with E-state index in [4.69, 9.17) is 10.5 Å². The van der Waals surface area contributed by atoms with Crippen molar-refractivity contribution in [2.24, 2.45) is 11.3 Å². The maximum absolute atomic E-state index is 12.1. The summed E-state index contributed by atoms with van der Waals surface area (Å²) in [5.74, 6) is -0.122. The van der Waals surface area contributed by atoms with E-state index >= 15 is 0 Å². The molecule has 0 aliphatic heterocycles. The van der Waals surface area contributed by atoms with Crippen molar-refractivity contribution in [2.45, 2.75) is 46.1 Å². The summed E-state index contributed by atoms with van der Waals surface area (Å²) < 4.78 is 5.46. The molecule has 2 atom stereocenters. The lowest BCUT2D eigenvalue weighted by atomic mass is 10.1. The molecule has 1 aromatic rings. The van der Waals surface area contributed by atoms with Crippen LogP contribution in [0.4, 0.5) is 5.13 Å². The summed E-state index contributed by atoms with van der Waals surface area (Å²) in [6, 6.07) is 0. The second kappa shape index (κ2) is 3.95. The summed E-state index contributed by atoms with van der Waals surface area (Å²) in [4.78, 5) is 16.4. The van der Waals surface area contributed by atoms with Crippen molar-refractivity contribution < 1.29 is 9.53 Å². The number of carbonyl (C=O) groups is 1. The van der Waals surface area contributed by atoms with Gasteiger partial charge >= 0.3 is 5.97 Å². The molecule has 2 rings (SSSR count). The third-order valence-corrected chi connectivity index (χ3v) is 4.04. The second-order valence-electron chi connectivity index (χ2n) is 6.42. The van der Waals surface area contributed by atoms with E-state index in [1.54, 1.807) is 0 Å². The van der Waals surface area contributed by atoms with Gasteiger partial charge in [0.1, 0.15) is 5.60 Å². The second-order valence-corrected chi connectivity index (χ2v) is 7.31. The molecule has 0 saturated heterocycles. The van der Waals surface area contributed by atoms with Gasteiger partial charge in [-0.1, -0.05) is 13.8 Å². The van der Waals surface area contributed by atoms with Crippen LogP contribution in [-0.2, 0) is 9.53 Å². The van der Waals surface area contributed by atoms with Gasteiger partial charge in [-0.3, -0.25) is 4.79 Å². The van der Waals surface area contributed by atoms with Crippen LogP contribution in [0.15, 0.2) is 5.38 Å². The van der Waals surface area contributed by atoms with Crippen molar-refractivity contribution >= 4 is 22.4 Å². The molecule has 0 spiro atoms. The Balaban J connectivity index is 2.14. The van der Waals surface area contributed by atoms with E-state index in [1.807, 2.05) is 26.2 Å². The highest BCUT2D eigenvalue weighted by Crippen LogP contribution is 2.65. The van der Waals surface area contributed by atoms with E-state index in [0.29, 0.717) is 5.13 Å². The zero-order chi connectivity index (χ0) is 13.7. The first kappa shape index (κ1) is 13.3. The SMILES string of the molecule is CC(C)(C)OC(=O)[C@@H]1[C@H](c2csc(N)n2)C1(C)C. The zero-order valence-electron chi connectivity index (χ0n) is 11.5. The number of nitrogens with zero attached hydrogens (tertiary/aromatic N) is 1. The largest absolute Gasteiger partial charge is 0.460 e. The summed E-state index contributed by atoms with van der Waals surface area (Å²) in [7, 11) is 0. The Labute approximate surface area is 112 Å². The number of esters is 1. The Morgan fingerprint density at radius 2 is 2.11 bits per heavy atom. The van der Waals surface area contributed by atoms with E-state index in [1.165, 1.54) is 11.3 Å². The van der Waals surface area contributed by atoms with Crippen molar-refractivity contribution in [3.05, 3.63) is 11.1 Å². The van der Waals surface area contributed by atoms with Gasteiger partial charge < -0.3 is 10.5 Å². The molecular weight excluding hydrogens is 248 g/mol. The first-order valence-electron chi connectivity index (χ1n) is 6.06. The fraction of sp³-hybridized carbons (Fsp3) is 0.692. The third-order valence-electron chi connectivity index (χ3n) is 3.35. The molecule has 100 valence electrons. The molecule has 1 aliphatic carbocycles. The summed E-state index contributed by atoms with van der Waals surface area (Å²) >= 11 is 1.41.